The van der Waals surface area contributed by atoms with Crippen molar-refractivity contribution in [1.29, 1.82) is 0 Å². The monoisotopic (exact) mass is 236 g/mol. The van der Waals surface area contributed by atoms with Gasteiger partial charge in [-0.2, -0.15) is 0 Å². The normalized spacial score (nSPS) is 31.8. The molecule has 3 atom stereocenters. The van der Waals surface area contributed by atoms with E-state index in [0.29, 0.717) is 0 Å². The van der Waals surface area contributed by atoms with E-state index in [1.54, 1.807) is 11.3 Å². The molecule has 1 saturated carbocycles. The summed E-state index contributed by atoms with van der Waals surface area (Å²) in [5.41, 5.74) is 6.24. The Morgan fingerprint density at radius 1 is 1.38 bits per heavy atom. The predicted octanol–water partition coefficient (Wildman–Crippen LogP) is 2.48. The summed E-state index contributed by atoms with van der Waals surface area (Å²) < 4.78 is 0. The van der Waals surface area contributed by atoms with Crippen molar-refractivity contribution in [3.05, 3.63) is 22.4 Å². The molecule has 3 heteroatoms. The Hall–Kier alpha value is -0.380. The molecule has 0 radical (unpaired) electrons. The standard InChI is InChI=1S/C13H20N2S/c14-12(13-5-2-6-16-13)9-15-7-10-3-1-4-11(10)8-15/h2,5-6,10-12H,1,3-4,7-9,14H2. The van der Waals surface area contributed by atoms with Crippen molar-refractivity contribution < 1.29 is 0 Å². The zero-order chi connectivity index (χ0) is 11.0. The van der Waals surface area contributed by atoms with E-state index < -0.39 is 0 Å². The number of nitrogens with two attached hydrogens (primary N) is 1. The van der Waals surface area contributed by atoms with Gasteiger partial charge in [-0.05, 0) is 36.1 Å². The van der Waals surface area contributed by atoms with Crippen molar-refractivity contribution in [1.82, 2.24) is 4.90 Å². The van der Waals surface area contributed by atoms with E-state index in [2.05, 4.69) is 22.4 Å². The molecule has 1 saturated heterocycles. The van der Waals surface area contributed by atoms with Gasteiger partial charge in [0.05, 0.1) is 6.04 Å². The summed E-state index contributed by atoms with van der Waals surface area (Å²) in [6, 6.07) is 4.48. The lowest BCUT2D eigenvalue weighted by atomic mass is 10.0. The maximum atomic E-state index is 6.24. The van der Waals surface area contributed by atoms with Crippen LogP contribution in [0.2, 0.25) is 0 Å². The molecule has 1 aromatic heterocycles. The third-order valence-corrected chi connectivity index (χ3v) is 5.17. The molecule has 0 aromatic carbocycles. The minimum atomic E-state index is 0.221. The Balaban J connectivity index is 1.56. The van der Waals surface area contributed by atoms with Crippen LogP contribution in [-0.2, 0) is 0 Å². The van der Waals surface area contributed by atoms with Gasteiger partial charge in [-0.1, -0.05) is 12.5 Å². The van der Waals surface area contributed by atoms with Gasteiger partial charge >= 0.3 is 0 Å². The van der Waals surface area contributed by atoms with Crippen LogP contribution >= 0.6 is 11.3 Å². The van der Waals surface area contributed by atoms with E-state index in [9.17, 15) is 0 Å². The Labute approximate surface area is 101 Å². The average Bonchev–Trinajstić information content (AvgIpc) is 2.91. The molecular weight excluding hydrogens is 216 g/mol. The van der Waals surface area contributed by atoms with Crippen LogP contribution in [0.3, 0.4) is 0 Å². The highest BCUT2D eigenvalue weighted by atomic mass is 32.1. The lowest BCUT2D eigenvalue weighted by Crippen LogP contribution is -2.30. The van der Waals surface area contributed by atoms with Crippen LogP contribution in [-0.4, -0.2) is 24.5 Å². The fourth-order valence-electron chi connectivity index (χ4n) is 3.35. The van der Waals surface area contributed by atoms with Gasteiger partial charge in [0.15, 0.2) is 0 Å². The fraction of sp³-hybridized carbons (Fsp3) is 0.692. The molecule has 0 bridgehead atoms. The van der Waals surface area contributed by atoms with E-state index in [1.807, 2.05) is 0 Å². The van der Waals surface area contributed by atoms with Gasteiger partial charge in [0.2, 0.25) is 0 Å². The van der Waals surface area contributed by atoms with Gasteiger partial charge in [0.1, 0.15) is 0 Å². The summed E-state index contributed by atoms with van der Waals surface area (Å²) in [5, 5.41) is 2.12. The van der Waals surface area contributed by atoms with E-state index in [0.717, 1.165) is 18.4 Å². The van der Waals surface area contributed by atoms with Crippen LogP contribution in [0, 0.1) is 11.8 Å². The lowest BCUT2D eigenvalue weighted by Gasteiger charge is -2.20. The maximum absolute atomic E-state index is 6.24. The molecule has 2 aliphatic rings. The van der Waals surface area contributed by atoms with E-state index in [1.165, 1.54) is 37.2 Å². The zero-order valence-electron chi connectivity index (χ0n) is 9.64. The molecule has 2 heterocycles. The molecule has 0 amide bonds. The third-order valence-electron chi connectivity index (χ3n) is 4.17. The fourth-order valence-corrected chi connectivity index (χ4v) is 4.07. The summed E-state index contributed by atoms with van der Waals surface area (Å²) in [6.45, 7) is 3.64. The summed E-state index contributed by atoms with van der Waals surface area (Å²) >= 11 is 1.78. The molecule has 1 aliphatic carbocycles. The van der Waals surface area contributed by atoms with Crippen LogP contribution in [0.5, 0.6) is 0 Å². The van der Waals surface area contributed by atoms with Crippen molar-refractivity contribution in [3.63, 3.8) is 0 Å². The summed E-state index contributed by atoms with van der Waals surface area (Å²) in [5.74, 6) is 1.96. The molecule has 3 unspecified atom stereocenters. The van der Waals surface area contributed by atoms with Crippen LogP contribution < -0.4 is 5.73 Å². The first-order valence-electron chi connectivity index (χ1n) is 6.34. The van der Waals surface area contributed by atoms with Crippen LogP contribution in [0.4, 0.5) is 0 Å². The van der Waals surface area contributed by atoms with Gasteiger partial charge in [-0.15, -0.1) is 11.3 Å². The quantitative estimate of drug-likeness (QED) is 0.873. The largest absolute Gasteiger partial charge is 0.322 e. The van der Waals surface area contributed by atoms with E-state index in [4.69, 9.17) is 5.73 Å². The van der Waals surface area contributed by atoms with Crippen molar-refractivity contribution in [2.75, 3.05) is 19.6 Å². The number of likely N-dealkylation sites (tertiary alicyclic amines) is 1. The number of rotatable bonds is 3. The zero-order valence-corrected chi connectivity index (χ0v) is 10.5. The van der Waals surface area contributed by atoms with Gasteiger partial charge in [0.25, 0.3) is 0 Å². The molecule has 88 valence electrons. The third kappa shape index (κ3) is 2.04. The van der Waals surface area contributed by atoms with Gasteiger partial charge < -0.3 is 10.6 Å². The average molecular weight is 236 g/mol. The number of fused-ring (bicyclic) bond motifs is 1. The molecule has 16 heavy (non-hydrogen) atoms. The second kappa shape index (κ2) is 4.47. The molecular formula is C13H20N2S. The first-order chi connectivity index (χ1) is 7.83. The van der Waals surface area contributed by atoms with Gasteiger partial charge in [-0.3, -0.25) is 0 Å². The Kier molecular flexibility index (Phi) is 3.01. The Morgan fingerprint density at radius 3 is 2.75 bits per heavy atom. The number of hydrogen-bond acceptors (Lipinski definition) is 3. The lowest BCUT2D eigenvalue weighted by molar-refractivity contribution is 0.293. The van der Waals surface area contributed by atoms with Gasteiger partial charge in [-0.25, -0.2) is 0 Å². The smallest absolute Gasteiger partial charge is 0.0519 e. The predicted molar refractivity (Wildman–Crippen MR) is 68.5 cm³/mol. The van der Waals surface area contributed by atoms with Crippen molar-refractivity contribution in [2.24, 2.45) is 17.6 Å². The highest BCUT2D eigenvalue weighted by Crippen LogP contribution is 2.38. The highest BCUT2D eigenvalue weighted by Gasteiger charge is 2.36. The SMILES string of the molecule is NC(CN1CC2CCCC2C1)c1cccs1. The Morgan fingerprint density at radius 2 is 2.12 bits per heavy atom. The van der Waals surface area contributed by atoms with Crippen molar-refractivity contribution >= 4 is 11.3 Å². The Bertz CT molecular complexity index is 324. The van der Waals surface area contributed by atoms with Crippen molar-refractivity contribution in [3.8, 4) is 0 Å². The molecule has 2 fully saturated rings. The summed E-state index contributed by atoms with van der Waals surface area (Å²) in [4.78, 5) is 3.91. The molecule has 0 spiro atoms. The minimum Gasteiger partial charge on any atom is -0.322 e. The molecule has 3 rings (SSSR count). The van der Waals surface area contributed by atoms with Gasteiger partial charge in [0, 0.05) is 24.5 Å². The summed E-state index contributed by atoms with van der Waals surface area (Å²) in [7, 11) is 0. The topological polar surface area (TPSA) is 29.3 Å². The van der Waals surface area contributed by atoms with E-state index >= 15 is 0 Å². The molecule has 1 aliphatic heterocycles. The first kappa shape index (κ1) is 10.8. The molecule has 1 aromatic rings. The molecule has 2 nitrogen and oxygen atoms in total. The molecule has 2 N–H and O–H groups in total. The van der Waals surface area contributed by atoms with E-state index in [-0.39, 0.29) is 6.04 Å². The highest BCUT2D eigenvalue weighted by molar-refractivity contribution is 7.10. The second-order valence-corrected chi connectivity index (χ2v) is 6.27. The summed E-state index contributed by atoms with van der Waals surface area (Å²) in [6.07, 6.45) is 4.37. The van der Waals surface area contributed by atoms with Crippen LogP contribution in [0.25, 0.3) is 0 Å². The number of hydrogen-bond donors (Lipinski definition) is 1. The van der Waals surface area contributed by atoms with Crippen LogP contribution in [0.15, 0.2) is 17.5 Å². The number of nitrogens with zero attached hydrogens (tertiary/aromatic N) is 1. The first-order valence-corrected chi connectivity index (χ1v) is 7.22. The minimum absolute atomic E-state index is 0.221. The van der Waals surface area contributed by atoms with Crippen LogP contribution in [0.1, 0.15) is 30.2 Å². The number of thiophene rings is 1. The maximum Gasteiger partial charge on any atom is 0.0519 e. The second-order valence-electron chi connectivity index (χ2n) is 5.29. The van der Waals surface area contributed by atoms with Crippen molar-refractivity contribution in [2.45, 2.75) is 25.3 Å².